The average Bonchev–Trinajstić information content (AvgIpc) is 3.54. The Morgan fingerprint density at radius 2 is 1.87 bits per heavy atom. The molecule has 1 aromatic carbocycles. The van der Waals surface area contributed by atoms with Gasteiger partial charge < -0.3 is 14.8 Å². The number of alkyl halides is 3. The number of hydrogen-bond acceptors (Lipinski definition) is 6. The van der Waals surface area contributed by atoms with Gasteiger partial charge in [0.15, 0.2) is 0 Å². The van der Waals surface area contributed by atoms with Crippen molar-refractivity contribution in [2.24, 2.45) is 22.1 Å². The molecule has 0 spiro atoms. The van der Waals surface area contributed by atoms with Crippen molar-refractivity contribution >= 4 is 11.9 Å². The van der Waals surface area contributed by atoms with Gasteiger partial charge in [-0.1, -0.05) is 12.1 Å². The molecule has 164 valence electrons. The fraction of sp³-hybridized carbons (Fsp3) is 0.600. The van der Waals surface area contributed by atoms with Crippen molar-refractivity contribution < 1.29 is 32.2 Å². The highest BCUT2D eigenvalue weighted by Crippen LogP contribution is 2.52. The zero-order valence-electron chi connectivity index (χ0n) is 16.6. The Kier molecular flexibility index (Phi) is 6.74. The number of benzene rings is 1. The van der Waals surface area contributed by atoms with Crippen LogP contribution in [0, 0.1) is 11.8 Å². The van der Waals surface area contributed by atoms with E-state index in [1.165, 1.54) is 24.3 Å². The van der Waals surface area contributed by atoms with Crippen LogP contribution in [0.3, 0.4) is 0 Å². The lowest BCUT2D eigenvalue weighted by Gasteiger charge is -2.26. The first-order chi connectivity index (χ1) is 14.3. The number of halogens is 3. The van der Waals surface area contributed by atoms with Gasteiger partial charge in [0.2, 0.25) is 0 Å². The summed E-state index contributed by atoms with van der Waals surface area (Å²) in [6.07, 6.45) is -2.34. The fourth-order valence-electron chi connectivity index (χ4n) is 3.52. The van der Waals surface area contributed by atoms with Crippen LogP contribution in [0.1, 0.15) is 42.1 Å². The normalized spacial score (nSPS) is 19.2. The summed E-state index contributed by atoms with van der Waals surface area (Å²) in [5.41, 5.74) is -2.47. The number of carbonyl (C=O) groups excluding carboxylic acids is 2. The van der Waals surface area contributed by atoms with Crippen LogP contribution in [-0.4, -0.2) is 44.4 Å². The average molecular weight is 427 g/mol. The summed E-state index contributed by atoms with van der Waals surface area (Å²) in [7, 11) is 0. The minimum Gasteiger partial charge on any atom is -0.466 e. The van der Waals surface area contributed by atoms with Crippen molar-refractivity contribution in [1.29, 1.82) is 0 Å². The number of rotatable bonds is 8. The van der Waals surface area contributed by atoms with Gasteiger partial charge >= 0.3 is 17.8 Å². The molecule has 2 aliphatic heterocycles. The standard InChI is InChI=1S/C20H24F3N3O4/c1-2-30-18(28)15(11-13-7-9-29-10-8-13)12-24-17(27)14-3-5-16(6-4-14)19(25-26-19)20(21,22)23/h3-6,13,15H,2,7-12H2,1H3,(H,24,27). The lowest BCUT2D eigenvalue weighted by Crippen LogP contribution is -2.36. The molecule has 1 unspecified atom stereocenters. The highest BCUT2D eigenvalue weighted by molar-refractivity contribution is 5.94. The summed E-state index contributed by atoms with van der Waals surface area (Å²) >= 11 is 0. The SMILES string of the molecule is CCOC(=O)C(CNC(=O)c1ccc(C2(C(F)(F)F)N=N2)cc1)CC1CCOCC1. The molecule has 0 saturated carbocycles. The van der Waals surface area contributed by atoms with E-state index in [2.05, 4.69) is 15.5 Å². The van der Waals surface area contributed by atoms with Crippen LogP contribution in [-0.2, 0) is 19.9 Å². The Balaban J connectivity index is 1.59. The zero-order valence-corrected chi connectivity index (χ0v) is 16.6. The number of carbonyl (C=O) groups is 2. The predicted octanol–water partition coefficient (Wildman–Crippen LogP) is 3.59. The molecule has 1 saturated heterocycles. The zero-order chi connectivity index (χ0) is 21.8. The van der Waals surface area contributed by atoms with Crippen LogP contribution in [0.25, 0.3) is 0 Å². The monoisotopic (exact) mass is 427 g/mol. The van der Waals surface area contributed by atoms with Gasteiger partial charge in [0, 0.05) is 30.9 Å². The first-order valence-corrected chi connectivity index (χ1v) is 9.90. The smallest absolute Gasteiger partial charge is 0.442 e. The molecule has 1 aromatic rings. The van der Waals surface area contributed by atoms with E-state index in [0.717, 1.165) is 12.8 Å². The lowest BCUT2D eigenvalue weighted by atomic mass is 9.88. The molecule has 2 heterocycles. The highest BCUT2D eigenvalue weighted by atomic mass is 19.4. The largest absolute Gasteiger partial charge is 0.466 e. The molecule has 2 aliphatic rings. The molecular weight excluding hydrogens is 403 g/mol. The van der Waals surface area contributed by atoms with Crippen LogP contribution in [0.4, 0.5) is 13.2 Å². The molecule has 1 atom stereocenters. The second-order valence-electron chi connectivity index (χ2n) is 7.40. The number of hydrogen-bond donors (Lipinski definition) is 1. The van der Waals surface area contributed by atoms with Gasteiger partial charge in [-0.25, -0.2) is 0 Å². The third-order valence-electron chi connectivity index (χ3n) is 5.33. The van der Waals surface area contributed by atoms with Crippen molar-refractivity contribution in [3.63, 3.8) is 0 Å². The van der Waals surface area contributed by atoms with Crippen LogP contribution < -0.4 is 5.32 Å². The number of amides is 1. The van der Waals surface area contributed by atoms with Crippen LogP contribution in [0.5, 0.6) is 0 Å². The third-order valence-corrected chi connectivity index (χ3v) is 5.33. The molecule has 3 rings (SSSR count). The van der Waals surface area contributed by atoms with Crippen LogP contribution >= 0.6 is 0 Å². The van der Waals surface area contributed by atoms with Gasteiger partial charge in [-0.05, 0) is 44.2 Å². The first-order valence-electron chi connectivity index (χ1n) is 9.90. The van der Waals surface area contributed by atoms with E-state index in [0.29, 0.717) is 25.6 Å². The van der Waals surface area contributed by atoms with E-state index in [1.807, 2.05) is 0 Å². The Bertz CT molecular complexity index is 783. The third kappa shape index (κ3) is 4.97. The molecule has 1 amide bonds. The first kappa shape index (κ1) is 22.2. The topological polar surface area (TPSA) is 89.3 Å². The van der Waals surface area contributed by atoms with Crippen molar-refractivity contribution in [3.8, 4) is 0 Å². The maximum Gasteiger partial charge on any atom is 0.442 e. The number of esters is 1. The Morgan fingerprint density at radius 3 is 2.40 bits per heavy atom. The summed E-state index contributed by atoms with van der Waals surface area (Å²) in [6, 6.07) is 4.96. The van der Waals surface area contributed by atoms with Crippen molar-refractivity contribution in [2.45, 2.75) is 38.0 Å². The minimum absolute atomic E-state index is 0.0912. The quantitative estimate of drug-likeness (QED) is 0.642. The van der Waals surface area contributed by atoms with Gasteiger partial charge in [0.25, 0.3) is 5.91 Å². The summed E-state index contributed by atoms with van der Waals surface area (Å²) < 4.78 is 49.6. The number of nitrogens with zero attached hydrogens (tertiary/aromatic N) is 2. The van der Waals surface area contributed by atoms with Gasteiger partial charge in [-0.3, -0.25) is 9.59 Å². The molecule has 0 radical (unpaired) electrons. The molecule has 7 nitrogen and oxygen atoms in total. The van der Waals surface area contributed by atoms with Gasteiger partial charge in [0.1, 0.15) is 0 Å². The van der Waals surface area contributed by atoms with Gasteiger partial charge in [0.05, 0.1) is 12.5 Å². The summed E-state index contributed by atoms with van der Waals surface area (Å²) in [6.45, 7) is 3.35. The van der Waals surface area contributed by atoms with E-state index in [4.69, 9.17) is 9.47 Å². The number of nitrogens with one attached hydrogen (secondary N) is 1. The molecular formula is C20H24F3N3O4. The Hall–Kier alpha value is -2.49. The Morgan fingerprint density at radius 1 is 1.23 bits per heavy atom. The van der Waals surface area contributed by atoms with Gasteiger partial charge in [-0.2, -0.15) is 13.2 Å². The van der Waals surface area contributed by atoms with Crippen molar-refractivity contribution in [1.82, 2.24) is 5.32 Å². The molecule has 0 bridgehead atoms. The molecule has 1 N–H and O–H groups in total. The maximum atomic E-state index is 13.1. The van der Waals surface area contributed by atoms with Crippen LogP contribution in [0.2, 0.25) is 0 Å². The summed E-state index contributed by atoms with van der Waals surface area (Å²) in [4.78, 5) is 24.7. The molecule has 1 fully saturated rings. The molecule has 10 heteroatoms. The lowest BCUT2D eigenvalue weighted by molar-refractivity contribution is -0.166. The Labute approximate surface area is 172 Å². The van der Waals surface area contributed by atoms with E-state index in [-0.39, 0.29) is 30.2 Å². The second kappa shape index (κ2) is 9.11. The minimum atomic E-state index is -4.62. The van der Waals surface area contributed by atoms with Gasteiger partial charge in [-0.15, -0.1) is 10.2 Å². The van der Waals surface area contributed by atoms with E-state index in [1.54, 1.807) is 6.92 Å². The van der Waals surface area contributed by atoms with E-state index in [9.17, 15) is 22.8 Å². The number of ether oxygens (including phenoxy) is 2. The molecule has 30 heavy (non-hydrogen) atoms. The van der Waals surface area contributed by atoms with Crippen LogP contribution in [0.15, 0.2) is 34.5 Å². The fourth-order valence-corrected chi connectivity index (χ4v) is 3.52. The predicted molar refractivity (Wildman–Crippen MR) is 99.6 cm³/mol. The summed E-state index contributed by atoms with van der Waals surface area (Å²) in [5, 5.41) is 8.97. The molecule has 0 aromatic heterocycles. The van der Waals surface area contributed by atoms with E-state index < -0.39 is 23.7 Å². The van der Waals surface area contributed by atoms with Crippen molar-refractivity contribution in [2.75, 3.05) is 26.4 Å². The highest BCUT2D eigenvalue weighted by Gasteiger charge is 2.65. The maximum absolute atomic E-state index is 13.1. The molecule has 0 aliphatic carbocycles. The second-order valence-corrected chi connectivity index (χ2v) is 7.40. The van der Waals surface area contributed by atoms with E-state index >= 15 is 0 Å². The van der Waals surface area contributed by atoms with Crippen molar-refractivity contribution in [3.05, 3.63) is 35.4 Å². The summed E-state index contributed by atoms with van der Waals surface area (Å²) in [5.74, 6) is -1.03.